The molecule has 0 spiro atoms. The third-order valence-electron chi connectivity index (χ3n) is 1.98. The number of halogens is 1. The van der Waals surface area contributed by atoms with Gasteiger partial charge in [-0.05, 0) is 12.1 Å². The first-order valence-corrected chi connectivity index (χ1v) is 5.68. The Morgan fingerprint density at radius 2 is 2.18 bits per heavy atom. The van der Waals surface area contributed by atoms with Gasteiger partial charge in [0.25, 0.3) is 0 Å². The average molecular weight is 261 g/mol. The number of rotatable bonds is 5. The van der Waals surface area contributed by atoms with Crippen LogP contribution in [-0.2, 0) is 0 Å². The lowest BCUT2D eigenvalue weighted by Gasteiger charge is -2.09. The highest BCUT2D eigenvalue weighted by Gasteiger charge is 2.14. The maximum Gasteiger partial charge on any atom is 0.337 e. The Balaban J connectivity index is 2.92. The van der Waals surface area contributed by atoms with Gasteiger partial charge in [0, 0.05) is 16.3 Å². The first-order chi connectivity index (χ1) is 7.95. The van der Waals surface area contributed by atoms with Gasteiger partial charge in [-0.15, -0.1) is 11.8 Å². The van der Waals surface area contributed by atoms with Gasteiger partial charge in [0.05, 0.1) is 18.3 Å². The third kappa shape index (κ3) is 3.58. The summed E-state index contributed by atoms with van der Waals surface area (Å²) in [6.07, 6.45) is -0.981. The Morgan fingerprint density at radius 1 is 1.53 bits per heavy atom. The molecule has 17 heavy (non-hydrogen) atoms. The van der Waals surface area contributed by atoms with E-state index in [0.717, 1.165) is 23.9 Å². The lowest BCUT2D eigenvalue weighted by molar-refractivity contribution is 0.0697. The van der Waals surface area contributed by atoms with Crippen molar-refractivity contribution >= 4 is 23.4 Å². The van der Waals surface area contributed by atoms with Crippen LogP contribution >= 0.6 is 11.8 Å². The highest BCUT2D eigenvalue weighted by Crippen LogP contribution is 2.27. The normalized spacial score (nSPS) is 12.4. The number of carbonyl (C=O) groups is 1. The fraction of sp³-hybridized carbons (Fsp3) is 0.300. The summed E-state index contributed by atoms with van der Waals surface area (Å²) in [6, 6.07) is 2.04. The van der Waals surface area contributed by atoms with Crippen LogP contribution in [0.2, 0.25) is 0 Å². The number of nitrogens with two attached hydrogens (primary N) is 1. The van der Waals surface area contributed by atoms with E-state index in [2.05, 4.69) is 0 Å². The lowest BCUT2D eigenvalue weighted by Crippen LogP contribution is -2.14. The van der Waals surface area contributed by atoms with Crippen LogP contribution in [0.4, 0.5) is 10.1 Å². The number of aromatic carboxylic acids is 1. The van der Waals surface area contributed by atoms with Crippen molar-refractivity contribution in [1.82, 2.24) is 0 Å². The molecule has 0 radical (unpaired) electrons. The van der Waals surface area contributed by atoms with E-state index < -0.39 is 24.5 Å². The van der Waals surface area contributed by atoms with Crippen molar-refractivity contribution in [2.75, 3.05) is 18.1 Å². The zero-order chi connectivity index (χ0) is 13.0. The number of carboxylic acid groups (broad SMARTS) is 1. The average Bonchev–Trinajstić information content (AvgIpc) is 2.26. The molecule has 1 unspecified atom stereocenters. The van der Waals surface area contributed by atoms with Crippen molar-refractivity contribution in [3.05, 3.63) is 23.5 Å². The Hall–Kier alpha value is -1.31. The molecule has 0 saturated carbocycles. The Labute approximate surface area is 101 Å². The first-order valence-electron chi connectivity index (χ1n) is 4.69. The van der Waals surface area contributed by atoms with Crippen molar-refractivity contribution in [1.29, 1.82) is 0 Å². The molecule has 0 aliphatic carbocycles. The zero-order valence-corrected chi connectivity index (χ0v) is 9.58. The monoisotopic (exact) mass is 261 g/mol. The summed E-state index contributed by atoms with van der Waals surface area (Å²) in [6.45, 7) is -0.435. The molecule has 0 fully saturated rings. The second-order valence-electron chi connectivity index (χ2n) is 3.32. The minimum atomic E-state index is -1.24. The minimum absolute atomic E-state index is 0.0659. The highest BCUT2D eigenvalue weighted by molar-refractivity contribution is 7.99. The van der Waals surface area contributed by atoms with E-state index >= 15 is 0 Å². The fourth-order valence-corrected chi connectivity index (χ4v) is 1.98. The summed E-state index contributed by atoms with van der Waals surface area (Å²) in [5, 5.41) is 26.5. The molecule has 0 heterocycles. The van der Waals surface area contributed by atoms with Crippen molar-refractivity contribution < 1.29 is 24.5 Å². The number of hydrogen-bond donors (Lipinski definition) is 4. The number of anilines is 1. The lowest BCUT2D eigenvalue weighted by atomic mass is 10.2. The maximum absolute atomic E-state index is 13.4. The summed E-state index contributed by atoms with van der Waals surface area (Å²) in [7, 11) is 0. The summed E-state index contributed by atoms with van der Waals surface area (Å²) >= 11 is 0.916. The molecular weight excluding hydrogens is 249 g/mol. The van der Waals surface area contributed by atoms with Gasteiger partial charge >= 0.3 is 5.97 Å². The Kier molecular flexibility index (Phi) is 4.73. The molecular formula is C10H12FNO4S. The number of benzene rings is 1. The van der Waals surface area contributed by atoms with E-state index in [0.29, 0.717) is 0 Å². The molecule has 0 saturated heterocycles. The number of thioether (sulfide) groups is 1. The molecule has 94 valence electrons. The summed E-state index contributed by atoms with van der Waals surface area (Å²) in [5.74, 6) is -1.83. The van der Waals surface area contributed by atoms with Crippen molar-refractivity contribution in [3.8, 4) is 0 Å². The smallest absolute Gasteiger partial charge is 0.337 e. The third-order valence-corrected chi connectivity index (χ3v) is 3.15. The van der Waals surface area contributed by atoms with Crippen LogP contribution in [0, 0.1) is 5.82 Å². The first kappa shape index (κ1) is 13.8. The van der Waals surface area contributed by atoms with Crippen molar-refractivity contribution in [3.63, 3.8) is 0 Å². The summed E-state index contributed by atoms with van der Waals surface area (Å²) in [5.41, 5.74) is 5.02. The molecule has 1 aromatic carbocycles. The standard InChI is InChI=1S/C10H12FNO4S/c11-7-2-8(12)6(10(15)16)1-9(7)17-4-5(14)3-13/h1-2,5,13-14H,3-4,12H2,(H,15,16). The molecule has 0 aliphatic heterocycles. The molecule has 1 aromatic rings. The fourth-order valence-electron chi connectivity index (χ4n) is 1.10. The van der Waals surface area contributed by atoms with Gasteiger partial charge in [-0.2, -0.15) is 0 Å². The van der Waals surface area contributed by atoms with Crippen LogP contribution in [0.1, 0.15) is 10.4 Å². The molecule has 0 bridgehead atoms. The largest absolute Gasteiger partial charge is 0.478 e. The number of hydrogen-bond acceptors (Lipinski definition) is 5. The molecule has 0 aromatic heterocycles. The van der Waals surface area contributed by atoms with E-state index in [1.54, 1.807) is 0 Å². The zero-order valence-electron chi connectivity index (χ0n) is 8.76. The van der Waals surface area contributed by atoms with Gasteiger partial charge in [0.2, 0.25) is 0 Å². The molecule has 7 heteroatoms. The summed E-state index contributed by atoms with van der Waals surface area (Å²) < 4.78 is 13.4. The van der Waals surface area contributed by atoms with Crippen LogP contribution < -0.4 is 5.73 Å². The van der Waals surface area contributed by atoms with E-state index in [9.17, 15) is 9.18 Å². The minimum Gasteiger partial charge on any atom is -0.478 e. The predicted octanol–water partition coefficient (Wildman–Crippen LogP) is 0.551. The van der Waals surface area contributed by atoms with Crippen LogP contribution in [0.5, 0.6) is 0 Å². The Morgan fingerprint density at radius 3 is 2.71 bits per heavy atom. The molecule has 1 rings (SSSR count). The second kappa shape index (κ2) is 5.85. The summed E-state index contributed by atoms with van der Waals surface area (Å²) in [4.78, 5) is 10.9. The van der Waals surface area contributed by atoms with Gasteiger partial charge in [-0.25, -0.2) is 9.18 Å². The molecule has 5 nitrogen and oxygen atoms in total. The van der Waals surface area contributed by atoms with E-state index in [1.807, 2.05) is 0 Å². The molecule has 5 N–H and O–H groups in total. The van der Waals surface area contributed by atoms with Gasteiger partial charge < -0.3 is 21.1 Å². The van der Waals surface area contributed by atoms with Crippen molar-refractivity contribution in [2.24, 2.45) is 0 Å². The predicted molar refractivity (Wildman–Crippen MR) is 61.6 cm³/mol. The van der Waals surface area contributed by atoms with Gasteiger partial charge in [-0.1, -0.05) is 0 Å². The number of nitrogen functional groups attached to an aromatic ring is 1. The second-order valence-corrected chi connectivity index (χ2v) is 4.38. The van der Waals surface area contributed by atoms with Crippen LogP contribution in [0.15, 0.2) is 17.0 Å². The van der Waals surface area contributed by atoms with Gasteiger partial charge in [0.1, 0.15) is 5.82 Å². The molecule has 0 aliphatic rings. The molecule has 1 atom stereocenters. The molecule has 0 amide bonds. The number of aliphatic hydroxyl groups excluding tert-OH is 2. The van der Waals surface area contributed by atoms with Crippen LogP contribution in [0.3, 0.4) is 0 Å². The van der Waals surface area contributed by atoms with E-state index in [1.165, 1.54) is 0 Å². The van der Waals surface area contributed by atoms with Gasteiger partial charge in [0.15, 0.2) is 0 Å². The number of aliphatic hydroxyl groups is 2. The Bertz CT molecular complexity index is 427. The quantitative estimate of drug-likeness (QED) is 0.456. The van der Waals surface area contributed by atoms with Crippen LogP contribution in [0.25, 0.3) is 0 Å². The number of carboxylic acids is 1. The van der Waals surface area contributed by atoms with Crippen LogP contribution in [-0.4, -0.2) is 39.8 Å². The topological polar surface area (TPSA) is 104 Å². The van der Waals surface area contributed by atoms with E-state index in [4.69, 9.17) is 21.1 Å². The van der Waals surface area contributed by atoms with Crippen molar-refractivity contribution in [2.45, 2.75) is 11.0 Å². The SMILES string of the molecule is Nc1cc(F)c(SCC(O)CO)cc1C(=O)O. The maximum atomic E-state index is 13.4. The highest BCUT2D eigenvalue weighted by atomic mass is 32.2. The van der Waals surface area contributed by atoms with E-state index in [-0.39, 0.29) is 21.9 Å². The van der Waals surface area contributed by atoms with Gasteiger partial charge in [-0.3, -0.25) is 0 Å².